The Morgan fingerprint density at radius 1 is 1.17 bits per heavy atom. The molecule has 4 heteroatoms. The molecule has 0 amide bonds. The van der Waals surface area contributed by atoms with E-state index in [4.69, 9.17) is 4.52 Å². The van der Waals surface area contributed by atoms with Gasteiger partial charge in [0.1, 0.15) is 0 Å². The maximum Gasteiger partial charge on any atom is 0.226 e. The lowest BCUT2D eigenvalue weighted by molar-refractivity contribution is 0.377. The Balaban J connectivity index is 2.10. The van der Waals surface area contributed by atoms with Crippen molar-refractivity contribution in [2.45, 2.75) is 40.7 Å². The standard InChI is InChI=1S/C14H19N3O/c1-5-13-16-12(17-18-13)8-15-14-10(3)6-9(2)7-11(14)4/h6-7,15H,5,8H2,1-4H3. The highest BCUT2D eigenvalue weighted by Gasteiger charge is 2.07. The molecule has 2 rings (SSSR count). The topological polar surface area (TPSA) is 51.0 Å². The third-order valence-electron chi connectivity index (χ3n) is 2.91. The fourth-order valence-corrected chi connectivity index (χ4v) is 2.13. The molecule has 4 nitrogen and oxygen atoms in total. The number of hydrogen-bond donors (Lipinski definition) is 1. The second-order valence-electron chi connectivity index (χ2n) is 4.59. The molecule has 0 saturated heterocycles. The third-order valence-corrected chi connectivity index (χ3v) is 2.91. The molecule has 96 valence electrons. The number of benzene rings is 1. The Bertz CT molecular complexity index is 523. The lowest BCUT2D eigenvalue weighted by Gasteiger charge is -2.12. The van der Waals surface area contributed by atoms with Gasteiger partial charge in [-0.15, -0.1) is 0 Å². The van der Waals surface area contributed by atoms with Crippen molar-refractivity contribution >= 4 is 5.69 Å². The smallest absolute Gasteiger partial charge is 0.226 e. The summed E-state index contributed by atoms with van der Waals surface area (Å²) in [4.78, 5) is 4.28. The molecule has 0 unspecified atom stereocenters. The average Bonchev–Trinajstić information content (AvgIpc) is 2.75. The molecule has 0 saturated carbocycles. The Hall–Kier alpha value is -1.84. The number of anilines is 1. The molecule has 0 fully saturated rings. The van der Waals surface area contributed by atoms with Gasteiger partial charge in [-0.2, -0.15) is 4.98 Å². The van der Waals surface area contributed by atoms with Crippen LogP contribution < -0.4 is 5.32 Å². The van der Waals surface area contributed by atoms with Gasteiger partial charge in [-0.05, 0) is 31.9 Å². The van der Waals surface area contributed by atoms with E-state index < -0.39 is 0 Å². The van der Waals surface area contributed by atoms with Crippen LogP contribution in [0.15, 0.2) is 16.7 Å². The summed E-state index contributed by atoms with van der Waals surface area (Å²) in [6.07, 6.45) is 0.773. The van der Waals surface area contributed by atoms with Crippen LogP contribution in [0.2, 0.25) is 0 Å². The summed E-state index contributed by atoms with van der Waals surface area (Å²) in [6, 6.07) is 4.34. The largest absolute Gasteiger partial charge is 0.377 e. The van der Waals surface area contributed by atoms with Crippen LogP contribution in [0, 0.1) is 20.8 Å². The summed E-state index contributed by atoms with van der Waals surface area (Å²) in [5, 5.41) is 7.31. The molecule has 0 aliphatic rings. The molecular formula is C14H19N3O. The van der Waals surface area contributed by atoms with Crippen molar-refractivity contribution < 1.29 is 4.52 Å². The number of rotatable bonds is 4. The quantitative estimate of drug-likeness (QED) is 0.898. The van der Waals surface area contributed by atoms with E-state index >= 15 is 0 Å². The van der Waals surface area contributed by atoms with Gasteiger partial charge in [0.25, 0.3) is 0 Å². The molecule has 0 aliphatic carbocycles. The summed E-state index contributed by atoms with van der Waals surface area (Å²) in [5.41, 5.74) is 4.92. The van der Waals surface area contributed by atoms with E-state index in [9.17, 15) is 0 Å². The molecular weight excluding hydrogens is 226 g/mol. The average molecular weight is 245 g/mol. The summed E-state index contributed by atoms with van der Waals surface area (Å²) >= 11 is 0. The van der Waals surface area contributed by atoms with Crippen molar-refractivity contribution in [2.24, 2.45) is 0 Å². The number of nitrogens with one attached hydrogen (secondary N) is 1. The first-order valence-corrected chi connectivity index (χ1v) is 6.23. The fraction of sp³-hybridized carbons (Fsp3) is 0.429. The van der Waals surface area contributed by atoms with Gasteiger partial charge in [0.15, 0.2) is 5.82 Å². The highest BCUT2D eigenvalue weighted by molar-refractivity contribution is 5.58. The van der Waals surface area contributed by atoms with Crippen LogP contribution in [0.4, 0.5) is 5.69 Å². The van der Waals surface area contributed by atoms with Gasteiger partial charge < -0.3 is 9.84 Å². The molecule has 2 aromatic rings. The number of nitrogens with zero attached hydrogens (tertiary/aromatic N) is 2. The fourth-order valence-electron chi connectivity index (χ4n) is 2.13. The molecule has 1 aromatic heterocycles. The second-order valence-corrected chi connectivity index (χ2v) is 4.59. The minimum Gasteiger partial charge on any atom is -0.377 e. The van der Waals surface area contributed by atoms with Gasteiger partial charge in [0, 0.05) is 12.1 Å². The summed E-state index contributed by atoms with van der Waals surface area (Å²) in [7, 11) is 0. The second kappa shape index (κ2) is 5.21. The van der Waals surface area contributed by atoms with Crippen molar-refractivity contribution in [2.75, 3.05) is 5.32 Å². The summed E-state index contributed by atoms with van der Waals surface area (Å²) in [5.74, 6) is 1.38. The van der Waals surface area contributed by atoms with Crippen molar-refractivity contribution in [1.82, 2.24) is 10.1 Å². The minimum absolute atomic E-state index is 0.592. The predicted octanol–water partition coefficient (Wildman–Crippen LogP) is 3.17. The molecule has 0 radical (unpaired) electrons. The summed E-state index contributed by atoms with van der Waals surface area (Å²) in [6.45, 7) is 8.91. The molecule has 0 bridgehead atoms. The van der Waals surface area contributed by atoms with Gasteiger partial charge in [0.2, 0.25) is 5.89 Å². The molecule has 1 aromatic carbocycles. The zero-order valence-electron chi connectivity index (χ0n) is 11.4. The number of aromatic nitrogens is 2. The molecule has 0 atom stereocenters. The highest BCUT2D eigenvalue weighted by Crippen LogP contribution is 2.22. The molecule has 18 heavy (non-hydrogen) atoms. The molecule has 0 aliphatic heterocycles. The maximum atomic E-state index is 5.08. The Labute approximate surface area is 107 Å². The van der Waals surface area contributed by atoms with E-state index in [0.29, 0.717) is 18.3 Å². The first kappa shape index (κ1) is 12.6. The van der Waals surface area contributed by atoms with Gasteiger partial charge in [0.05, 0.1) is 6.54 Å². The van der Waals surface area contributed by atoms with Crippen LogP contribution in [0.3, 0.4) is 0 Å². The van der Waals surface area contributed by atoms with E-state index in [1.165, 1.54) is 16.7 Å². The van der Waals surface area contributed by atoms with Gasteiger partial charge >= 0.3 is 0 Å². The van der Waals surface area contributed by atoms with Gasteiger partial charge in [-0.25, -0.2) is 0 Å². The van der Waals surface area contributed by atoms with Gasteiger partial charge in [-0.3, -0.25) is 0 Å². The van der Waals surface area contributed by atoms with Crippen molar-refractivity contribution in [1.29, 1.82) is 0 Å². The Morgan fingerprint density at radius 3 is 2.39 bits per heavy atom. The minimum atomic E-state index is 0.592. The van der Waals surface area contributed by atoms with Crippen molar-refractivity contribution in [3.05, 3.63) is 40.5 Å². The van der Waals surface area contributed by atoms with Crippen molar-refractivity contribution in [3.63, 3.8) is 0 Å². The van der Waals surface area contributed by atoms with Crippen LogP contribution in [0.5, 0.6) is 0 Å². The first-order valence-electron chi connectivity index (χ1n) is 6.23. The van der Waals surface area contributed by atoms with Crippen LogP contribution in [0.25, 0.3) is 0 Å². The predicted molar refractivity (Wildman–Crippen MR) is 71.7 cm³/mol. The van der Waals surface area contributed by atoms with E-state index in [1.54, 1.807) is 0 Å². The van der Waals surface area contributed by atoms with Gasteiger partial charge in [-0.1, -0.05) is 29.8 Å². The van der Waals surface area contributed by atoms with E-state index in [2.05, 4.69) is 48.4 Å². The molecule has 1 heterocycles. The SMILES string of the molecule is CCc1nc(CNc2c(C)cc(C)cc2C)no1. The van der Waals surface area contributed by atoms with Crippen LogP contribution in [0.1, 0.15) is 35.3 Å². The normalized spacial score (nSPS) is 10.7. The van der Waals surface area contributed by atoms with E-state index in [1.807, 2.05) is 6.92 Å². The maximum absolute atomic E-state index is 5.08. The highest BCUT2D eigenvalue weighted by atomic mass is 16.5. The Morgan fingerprint density at radius 2 is 1.83 bits per heavy atom. The van der Waals surface area contributed by atoms with E-state index in [0.717, 1.165) is 12.1 Å². The molecule has 1 N–H and O–H groups in total. The van der Waals surface area contributed by atoms with Crippen LogP contribution >= 0.6 is 0 Å². The monoisotopic (exact) mass is 245 g/mol. The zero-order chi connectivity index (χ0) is 13.1. The lowest BCUT2D eigenvalue weighted by atomic mass is 10.1. The van der Waals surface area contributed by atoms with E-state index in [-0.39, 0.29) is 0 Å². The zero-order valence-corrected chi connectivity index (χ0v) is 11.4. The Kier molecular flexibility index (Phi) is 3.65. The number of hydrogen-bond acceptors (Lipinski definition) is 4. The van der Waals surface area contributed by atoms with Crippen LogP contribution in [-0.4, -0.2) is 10.1 Å². The van der Waals surface area contributed by atoms with Crippen LogP contribution in [-0.2, 0) is 13.0 Å². The number of aryl methyl sites for hydroxylation is 4. The lowest BCUT2D eigenvalue weighted by Crippen LogP contribution is -2.04. The summed E-state index contributed by atoms with van der Waals surface area (Å²) < 4.78 is 5.08. The first-order chi connectivity index (χ1) is 8.60. The third kappa shape index (κ3) is 2.70. The molecule has 0 spiro atoms. The van der Waals surface area contributed by atoms with Crippen molar-refractivity contribution in [3.8, 4) is 0 Å².